The second kappa shape index (κ2) is 47.0. The minimum atomic E-state index is -4.71. The van der Waals surface area contributed by atoms with Crippen LogP contribution in [-0.4, -0.2) is 59.9 Å². The number of hydrogen-bond donors (Lipinski definition) is 3. The molecule has 1 unspecified atom stereocenters. The third-order valence-corrected chi connectivity index (χ3v) is 13.1. The van der Waals surface area contributed by atoms with E-state index in [1.807, 2.05) is 0 Å². The zero-order valence-electron chi connectivity index (χ0n) is 41.0. The van der Waals surface area contributed by atoms with Gasteiger partial charge in [0, 0.05) is 12.8 Å². The molecule has 12 heteroatoms. The van der Waals surface area contributed by atoms with Crippen molar-refractivity contribution in [3.05, 3.63) is 0 Å². The van der Waals surface area contributed by atoms with Crippen molar-refractivity contribution in [3.8, 4) is 0 Å². The van der Waals surface area contributed by atoms with Gasteiger partial charge in [-0.05, 0) is 12.8 Å². The summed E-state index contributed by atoms with van der Waals surface area (Å²) in [6.45, 7) is 2.88. The molecule has 0 aromatic carbocycles. The van der Waals surface area contributed by atoms with E-state index in [1.165, 1.54) is 199 Å². The summed E-state index contributed by atoms with van der Waals surface area (Å²) in [6, 6.07) is -1.52. The largest absolute Gasteiger partial charge is 0.480 e. The monoisotopic (exact) mass is 918 g/mol. The molecule has 0 saturated carbocycles. The minimum Gasteiger partial charge on any atom is -0.480 e. The van der Waals surface area contributed by atoms with Crippen molar-refractivity contribution in [3.63, 3.8) is 0 Å². The topological polar surface area (TPSA) is 172 Å². The average molecular weight is 918 g/mol. The van der Waals surface area contributed by atoms with E-state index < -0.39 is 51.1 Å². The Labute approximate surface area is 386 Å². The van der Waals surface area contributed by atoms with Gasteiger partial charge in [0.05, 0.1) is 13.2 Å². The van der Waals surface area contributed by atoms with Crippen LogP contribution in [0, 0.1) is 0 Å². The third kappa shape index (κ3) is 46.8. The fraction of sp³-hybridized carbons (Fsp3) is 0.941. The third-order valence-electron chi connectivity index (χ3n) is 12.1. The number of nitrogens with two attached hydrogens (primary N) is 1. The van der Waals surface area contributed by atoms with Crippen molar-refractivity contribution in [1.82, 2.24) is 0 Å². The highest BCUT2D eigenvalue weighted by Gasteiger charge is 2.28. The van der Waals surface area contributed by atoms with Crippen molar-refractivity contribution in [2.45, 2.75) is 289 Å². The maximum absolute atomic E-state index is 12.7. The second-order valence-electron chi connectivity index (χ2n) is 18.4. The summed E-state index contributed by atoms with van der Waals surface area (Å²) in [7, 11) is -4.71. The van der Waals surface area contributed by atoms with Crippen LogP contribution in [0.1, 0.15) is 277 Å². The number of hydrogen-bond acceptors (Lipinski definition) is 9. The number of aliphatic carboxylic acids is 1. The number of carboxylic acids is 1. The lowest BCUT2D eigenvalue weighted by atomic mass is 10.0. The highest BCUT2D eigenvalue weighted by Crippen LogP contribution is 2.43. The molecule has 0 rings (SSSR count). The number of esters is 2. The summed E-state index contributed by atoms with van der Waals surface area (Å²) in [5.41, 5.74) is 5.36. The Bertz CT molecular complexity index is 1080. The predicted molar refractivity (Wildman–Crippen MR) is 259 cm³/mol. The maximum atomic E-state index is 12.7. The SMILES string of the molecule is CCCCCCCCCCCCCCCCCCCCCCCC(=O)OC[C@H](COP(=O)(O)OC[C@H](N)C(=O)O)OC(=O)CCCCCCCCCCCCCCCCCCCC. The lowest BCUT2D eigenvalue weighted by Gasteiger charge is -2.20. The number of carbonyl (C=O) groups is 3. The first-order valence-electron chi connectivity index (χ1n) is 26.6. The molecule has 0 aliphatic rings. The molecule has 63 heavy (non-hydrogen) atoms. The van der Waals surface area contributed by atoms with Crippen LogP contribution < -0.4 is 5.73 Å². The molecule has 0 bridgehead atoms. The van der Waals surface area contributed by atoms with Gasteiger partial charge in [-0.1, -0.05) is 251 Å². The van der Waals surface area contributed by atoms with Crippen LogP contribution in [0.3, 0.4) is 0 Å². The normalized spacial score (nSPS) is 13.5. The van der Waals surface area contributed by atoms with Crippen LogP contribution in [0.15, 0.2) is 0 Å². The molecule has 0 radical (unpaired) electrons. The Morgan fingerprint density at radius 3 is 1.00 bits per heavy atom. The van der Waals surface area contributed by atoms with Crippen molar-refractivity contribution >= 4 is 25.7 Å². The molecule has 0 aromatic heterocycles. The number of carboxylic acid groups (broad SMARTS) is 1. The summed E-state index contributed by atoms with van der Waals surface area (Å²) >= 11 is 0. The molecule has 0 aliphatic heterocycles. The first-order valence-corrected chi connectivity index (χ1v) is 28.1. The number of rotatable bonds is 51. The maximum Gasteiger partial charge on any atom is 0.472 e. The van der Waals surface area contributed by atoms with Gasteiger partial charge in [0.25, 0.3) is 0 Å². The van der Waals surface area contributed by atoms with Crippen molar-refractivity contribution in [1.29, 1.82) is 0 Å². The first kappa shape index (κ1) is 61.5. The van der Waals surface area contributed by atoms with Crippen LogP contribution >= 0.6 is 7.82 Å². The molecular weight excluding hydrogens is 818 g/mol. The van der Waals surface area contributed by atoms with Gasteiger partial charge in [-0.3, -0.25) is 23.4 Å². The van der Waals surface area contributed by atoms with Gasteiger partial charge in [-0.25, -0.2) is 4.57 Å². The number of phosphoric acid groups is 1. The van der Waals surface area contributed by atoms with Crippen LogP contribution in [0.2, 0.25) is 0 Å². The summed E-state index contributed by atoms with van der Waals surface area (Å²) in [6.07, 6.45) is 48.8. The van der Waals surface area contributed by atoms with Crippen LogP contribution in [-0.2, 0) is 37.5 Å². The molecular formula is C51H100NO10P. The second-order valence-corrected chi connectivity index (χ2v) is 19.8. The molecule has 0 saturated heterocycles. The number of carbonyl (C=O) groups excluding carboxylic acids is 2. The fourth-order valence-electron chi connectivity index (χ4n) is 7.95. The molecule has 11 nitrogen and oxygen atoms in total. The highest BCUT2D eigenvalue weighted by molar-refractivity contribution is 7.47. The van der Waals surface area contributed by atoms with E-state index in [9.17, 15) is 23.8 Å². The summed E-state index contributed by atoms with van der Waals surface area (Å²) < 4.78 is 32.9. The summed E-state index contributed by atoms with van der Waals surface area (Å²) in [5, 5.41) is 8.92. The zero-order valence-corrected chi connectivity index (χ0v) is 41.8. The van der Waals surface area contributed by atoms with Gasteiger partial charge in [0.15, 0.2) is 6.10 Å². The standard InChI is InChI=1S/C51H100NO10P/c1-3-5-7-9-11-13-15-17-19-21-23-24-25-27-28-30-32-34-36-38-40-42-49(53)59-44-47(45-60-63(57,58)61-46-48(52)51(55)56)62-50(54)43-41-39-37-35-33-31-29-26-22-20-18-16-14-12-10-8-6-4-2/h47-48H,3-46,52H2,1-2H3,(H,55,56)(H,57,58)/t47-,48+/m1/s1. The van der Waals surface area contributed by atoms with Gasteiger partial charge in [-0.2, -0.15) is 0 Å². The Morgan fingerprint density at radius 1 is 0.429 bits per heavy atom. The summed E-state index contributed by atoms with van der Waals surface area (Å²) in [4.78, 5) is 46.2. The Balaban J connectivity index is 4.16. The van der Waals surface area contributed by atoms with E-state index in [0.717, 1.165) is 38.5 Å². The summed E-state index contributed by atoms with van der Waals surface area (Å²) in [5.74, 6) is -2.35. The lowest BCUT2D eigenvalue weighted by Crippen LogP contribution is -2.34. The molecule has 3 atom stereocenters. The fourth-order valence-corrected chi connectivity index (χ4v) is 8.73. The average Bonchev–Trinajstić information content (AvgIpc) is 3.26. The van der Waals surface area contributed by atoms with Crippen LogP contribution in [0.5, 0.6) is 0 Å². The van der Waals surface area contributed by atoms with E-state index in [1.54, 1.807) is 0 Å². The number of ether oxygens (including phenoxy) is 2. The van der Waals surface area contributed by atoms with E-state index in [2.05, 4.69) is 13.8 Å². The Kier molecular flexibility index (Phi) is 45.9. The van der Waals surface area contributed by atoms with Gasteiger partial charge in [0.1, 0.15) is 12.6 Å². The quantitative estimate of drug-likeness (QED) is 0.0301. The van der Waals surface area contributed by atoms with E-state index in [4.69, 9.17) is 29.4 Å². The smallest absolute Gasteiger partial charge is 0.472 e. The molecule has 0 fully saturated rings. The molecule has 4 N–H and O–H groups in total. The lowest BCUT2D eigenvalue weighted by molar-refractivity contribution is -0.161. The molecule has 0 amide bonds. The van der Waals surface area contributed by atoms with Gasteiger partial charge < -0.3 is 25.2 Å². The van der Waals surface area contributed by atoms with Gasteiger partial charge in [-0.15, -0.1) is 0 Å². The molecule has 0 spiro atoms. The molecule has 0 aromatic rings. The van der Waals surface area contributed by atoms with E-state index >= 15 is 0 Å². The molecule has 0 heterocycles. The predicted octanol–water partition coefficient (Wildman–Crippen LogP) is 15.0. The van der Waals surface area contributed by atoms with E-state index in [-0.39, 0.29) is 19.4 Å². The zero-order chi connectivity index (χ0) is 46.3. The van der Waals surface area contributed by atoms with Gasteiger partial charge in [0.2, 0.25) is 0 Å². The molecule has 0 aliphatic carbocycles. The van der Waals surface area contributed by atoms with Crippen LogP contribution in [0.25, 0.3) is 0 Å². The van der Waals surface area contributed by atoms with Crippen molar-refractivity contribution in [2.75, 3.05) is 19.8 Å². The highest BCUT2D eigenvalue weighted by atomic mass is 31.2. The molecule has 374 valence electrons. The number of unbranched alkanes of at least 4 members (excludes halogenated alkanes) is 37. The first-order chi connectivity index (χ1) is 30.6. The number of phosphoric ester groups is 1. The van der Waals surface area contributed by atoms with Crippen molar-refractivity contribution in [2.24, 2.45) is 5.73 Å². The van der Waals surface area contributed by atoms with Crippen molar-refractivity contribution < 1.29 is 47.5 Å². The van der Waals surface area contributed by atoms with E-state index in [0.29, 0.717) is 12.8 Å². The van der Waals surface area contributed by atoms with Gasteiger partial charge >= 0.3 is 25.7 Å². The minimum absolute atomic E-state index is 0.170. The Hall–Kier alpha value is -1.52. The van der Waals surface area contributed by atoms with Crippen LogP contribution in [0.4, 0.5) is 0 Å². The Morgan fingerprint density at radius 2 is 0.698 bits per heavy atom.